The third-order valence-electron chi connectivity index (χ3n) is 3.06. The predicted octanol–water partition coefficient (Wildman–Crippen LogP) is 0.0360. The Morgan fingerprint density at radius 2 is 2.45 bits per heavy atom. The van der Waals surface area contributed by atoms with Crippen molar-refractivity contribution in [2.45, 2.75) is 24.6 Å². The summed E-state index contributed by atoms with van der Waals surface area (Å²) in [6.07, 6.45) is -3.07. The van der Waals surface area contributed by atoms with Gasteiger partial charge in [-0.25, -0.2) is 14.1 Å². The maximum atomic E-state index is 14.4. The molecule has 3 N–H and O–H groups in total. The van der Waals surface area contributed by atoms with Gasteiger partial charge in [-0.05, 0) is 0 Å². The minimum Gasteiger partial charge on any atom is -0.381 e. The van der Waals surface area contributed by atoms with E-state index in [1.54, 1.807) is 0 Å². The van der Waals surface area contributed by atoms with Crippen molar-refractivity contribution in [3.8, 4) is 0 Å². The van der Waals surface area contributed by atoms with Crippen molar-refractivity contribution in [1.29, 1.82) is 5.41 Å². The van der Waals surface area contributed by atoms with Crippen LogP contribution in [0.15, 0.2) is 6.33 Å². The number of nitrogens with zero attached hydrogens (tertiary/aromatic N) is 3. The topological polar surface area (TPSA) is 125 Å². The number of hydrogen-bond donors (Lipinski definition) is 2. The Bertz CT molecular complexity index is 595. The van der Waals surface area contributed by atoms with Crippen molar-refractivity contribution in [2.24, 2.45) is 5.73 Å². The van der Waals surface area contributed by atoms with E-state index >= 15 is 0 Å². The summed E-state index contributed by atoms with van der Waals surface area (Å²) in [5.41, 5.74) is 5.24. The van der Waals surface area contributed by atoms with E-state index in [1.165, 1.54) is 13.0 Å². The lowest BCUT2D eigenvalue weighted by molar-refractivity contribution is -0.0614. The molecule has 0 bridgehead atoms. The number of nitrogens with one attached hydrogen (secondary N) is 1. The summed E-state index contributed by atoms with van der Waals surface area (Å²) in [6, 6.07) is 0. The number of aromatic nitrogens is 3. The highest BCUT2D eigenvalue weighted by Gasteiger charge is 2.52. The maximum Gasteiger partial charge on any atom is 0.328 e. The zero-order valence-electron chi connectivity index (χ0n) is 10.5. The fourth-order valence-electron chi connectivity index (χ4n) is 2.15. The quantitative estimate of drug-likeness (QED) is 0.448. The van der Waals surface area contributed by atoms with Crippen LogP contribution in [0.3, 0.4) is 0 Å². The number of nitrogen functional groups attached to an aromatic ring is 1. The first-order valence-corrected chi connectivity index (χ1v) is 7.82. The van der Waals surface area contributed by atoms with E-state index in [-0.39, 0.29) is 18.3 Å². The Kier molecular flexibility index (Phi) is 3.13. The van der Waals surface area contributed by atoms with E-state index in [4.69, 9.17) is 24.9 Å². The summed E-state index contributed by atoms with van der Waals surface area (Å²) < 4.78 is 42.8. The summed E-state index contributed by atoms with van der Waals surface area (Å²) in [5.74, 6) is -0.346. The van der Waals surface area contributed by atoms with Crippen LogP contribution >= 0.6 is 7.60 Å². The standard InChI is InChI=1S/C9H13FN5O4P/c1-20(16)17-2-4-6(19-20)5(10)9(18-4)15-3-13-8(14-15)7(11)12/h3-6,9H,2H2,1H3,(H3,11,12)/t4-,5-,6-,9-,20?/m1/s1. The van der Waals surface area contributed by atoms with E-state index in [1.807, 2.05) is 0 Å². The number of nitrogens with two attached hydrogens (primary N) is 1. The number of halogens is 1. The Balaban J connectivity index is 1.82. The van der Waals surface area contributed by atoms with Crippen LogP contribution in [0.5, 0.6) is 0 Å². The van der Waals surface area contributed by atoms with Gasteiger partial charge < -0.3 is 15.0 Å². The number of rotatable bonds is 2. The molecule has 2 aliphatic rings. The summed E-state index contributed by atoms with van der Waals surface area (Å²) in [4.78, 5) is 3.77. The molecule has 2 fully saturated rings. The molecule has 2 saturated heterocycles. The molecule has 1 aromatic rings. The van der Waals surface area contributed by atoms with Gasteiger partial charge >= 0.3 is 7.60 Å². The highest BCUT2D eigenvalue weighted by Crippen LogP contribution is 2.53. The normalized spacial score (nSPS) is 40.5. The summed E-state index contributed by atoms with van der Waals surface area (Å²) >= 11 is 0. The highest BCUT2D eigenvalue weighted by molar-refractivity contribution is 7.53. The number of amidine groups is 1. The van der Waals surface area contributed by atoms with Crippen molar-refractivity contribution in [3.63, 3.8) is 0 Å². The van der Waals surface area contributed by atoms with Gasteiger partial charge in [0.1, 0.15) is 18.5 Å². The average Bonchev–Trinajstić information content (AvgIpc) is 2.95. The molecule has 0 saturated carbocycles. The van der Waals surface area contributed by atoms with Gasteiger partial charge in [0.2, 0.25) is 5.82 Å². The predicted molar refractivity (Wildman–Crippen MR) is 64.2 cm³/mol. The number of fused-ring (bicyclic) bond motifs is 1. The van der Waals surface area contributed by atoms with E-state index in [9.17, 15) is 8.96 Å². The molecule has 9 nitrogen and oxygen atoms in total. The van der Waals surface area contributed by atoms with Gasteiger partial charge in [0.05, 0.1) is 6.61 Å². The summed E-state index contributed by atoms with van der Waals surface area (Å²) in [6.45, 7) is 1.27. The van der Waals surface area contributed by atoms with Gasteiger partial charge in [-0.3, -0.25) is 14.5 Å². The smallest absolute Gasteiger partial charge is 0.328 e. The minimum atomic E-state index is -3.24. The first-order valence-electron chi connectivity index (χ1n) is 5.83. The molecule has 0 amide bonds. The number of ether oxygens (including phenoxy) is 1. The van der Waals surface area contributed by atoms with Gasteiger partial charge in [0, 0.05) is 6.66 Å². The Morgan fingerprint density at radius 3 is 3.10 bits per heavy atom. The fraction of sp³-hybridized carbons (Fsp3) is 0.667. The first kappa shape index (κ1) is 13.6. The molecule has 5 atom stereocenters. The molecule has 0 aromatic carbocycles. The second-order valence-electron chi connectivity index (χ2n) is 4.61. The van der Waals surface area contributed by atoms with E-state index in [0.29, 0.717) is 0 Å². The van der Waals surface area contributed by atoms with Gasteiger partial charge in [-0.2, -0.15) is 0 Å². The third kappa shape index (κ3) is 2.24. The highest BCUT2D eigenvalue weighted by atomic mass is 31.2. The van der Waals surface area contributed by atoms with Crippen molar-refractivity contribution >= 4 is 13.4 Å². The van der Waals surface area contributed by atoms with Crippen LogP contribution in [-0.4, -0.2) is 52.3 Å². The minimum absolute atomic E-state index is 0.0103. The van der Waals surface area contributed by atoms with Crippen LogP contribution in [0.2, 0.25) is 0 Å². The molecule has 110 valence electrons. The van der Waals surface area contributed by atoms with Gasteiger partial charge in [0.15, 0.2) is 18.2 Å². The van der Waals surface area contributed by atoms with Crippen LogP contribution in [-0.2, 0) is 18.3 Å². The summed E-state index contributed by atoms with van der Waals surface area (Å²) in [5, 5.41) is 11.1. The molecule has 1 aromatic heterocycles. The van der Waals surface area contributed by atoms with Crippen LogP contribution in [0.1, 0.15) is 12.1 Å². The lowest BCUT2D eigenvalue weighted by Crippen LogP contribution is -2.37. The fourth-order valence-corrected chi connectivity index (χ4v) is 3.32. The Morgan fingerprint density at radius 1 is 1.70 bits per heavy atom. The second kappa shape index (κ2) is 4.59. The molecule has 20 heavy (non-hydrogen) atoms. The molecule has 1 unspecified atom stereocenters. The van der Waals surface area contributed by atoms with Crippen molar-refractivity contribution in [3.05, 3.63) is 12.2 Å². The van der Waals surface area contributed by atoms with Crippen LogP contribution < -0.4 is 5.73 Å². The summed E-state index contributed by atoms with van der Waals surface area (Å²) in [7, 11) is -3.24. The van der Waals surface area contributed by atoms with Crippen LogP contribution in [0.4, 0.5) is 4.39 Å². The molecular weight excluding hydrogens is 292 g/mol. The zero-order valence-corrected chi connectivity index (χ0v) is 11.4. The van der Waals surface area contributed by atoms with Gasteiger partial charge in [0.25, 0.3) is 0 Å². The van der Waals surface area contributed by atoms with Crippen LogP contribution in [0.25, 0.3) is 0 Å². The average molecular weight is 305 g/mol. The second-order valence-corrected chi connectivity index (χ2v) is 6.62. The largest absolute Gasteiger partial charge is 0.381 e. The maximum absolute atomic E-state index is 14.4. The van der Waals surface area contributed by atoms with E-state index in [0.717, 1.165) is 4.68 Å². The Hall–Kier alpha value is -1.35. The molecule has 11 heteroatoms. The van der Waals surface area contributed by atoms with E-state index < -0.39 is 32.2 Å². The molecular formula is C9H13FN5O4P. The Labute approximate surface area is 113 Å². The number of alkyl halides is 1. The molecule has 0 radical (unpaired) electrons. The molecule has 0 spiro atoms. The van der Waals surface area contributed by atoms with Crippen molar-refractivity contribution < 1.29 is 22.7 Å². The van der Waals surface area contributed by atoms with Gasteiger partial charge in [-0.1, -0.05) is 0 Å². The van der Waals surface area contributed by atoms with Crippen molar-refractivity contribution in [1.82, 2.24) is 14.8 Å². The monoisotopic (exact) mass is 305 g/mol. The third-order valence-corrected chi connectivity index (χ3v) is 4.31. The first-order chi connectivity index (χ1) is 9.37. The molecule has 2 aliphatic heterocycles. The van der Waals surface area contributed by atoms with Crippen LogP contribution in [0, 0.1) is 5.41 Å². The number of hydrogen-bond acceptors (Lipinski definition) is 7. The molecule has 3 heterocycles. The lowest BCUT2D eigenvalue weighted by Gasteiger charge is -2.29. The SMILES string of the molecule is CP1(=O)OC[C@H]2O[C@@H](n3cnc(C(=N)N)n3)[C@H](F)[C@@H]2O1. The lowest BCUT2D eigenvalue weighted by atomic mass is 10.1. The van der Waals surface area contributed by atoms with Gasteiger partial charge in [-0.15, -0.1) is 5.10 Å². The van der Waals surface area contributed by atoms with E-state index in [2.05, 4.69) is 10.1 Å². The molecule has 3 rings (SSSR count). The zero-order chi connectivity index (χ0) is 14.5. The molecule has 0 aliphatic carbocycles. The van der Waals surface area contributed by atoms with Crippen molar-refractivity contribution in [2.75, 3.05) is 13.3 Å².